The monoisotopic (exact) mass is 458 g/mol. The van der Waals surface area contributed by atoms with E-state index in [1.807, 2.05) is 0 Å². The van der Waals surface area contributed by atoms with Crippen LogP contribution in [0, 0.1) is 17.2 Å². The second-order valence-electron chi connectivity index (χ2n) is 10.2. The van der Waals surface area contributed by atoms with E-state index in [1.54, 1.807) is 25.3 Å². The fourth-order valence-corrected chi connectivity index (χ4v) is 5.80. The highest BCUT2D eigenvalue weighted by Crippen LogP contribution is 2.40. The number of halogens is 1. The van der Waals surface area contributed by atoms with Crippen molar-refractivity contribution in [2.45, 2.75) is 70.3 Å². The minimum atomic E-state index is -0.949. The van der Waals surface area contributed by atoms with Crippen molar-refractivity contribution in [3.05, 3.63) is 35.8 Å². The molecule has 2 fully saturated rings. The Kier molecular flexibility index (Phi) is 8.20. The van der Waals surface area contributed by atoms with Crippen LogP contribution in [0.25, 0.3) is 10.9 Å². The molecule has 2 aliphatic rings. The maximum absolute atomic E-state index is 14.7. The average Bonchev–Trinajstić information content (AvgIpc) is 2.87. The van der Waals surface area contributed by atoms with Gasteiger partial charge in [0.2, 0.25) is 0 Å². The van der Waals surface area contributed by atoms with Gasteiger partial charge in [0, 0.05) is 17.6 Å². The number of ether oxygens (including phenoxy) is 1. The van der Waals surface area contributed by atoms with Crippen LogP contribution in [0.3, 0.4) is 0 Å². The largest absolute Gasteiger partial charge is 0.497 e. The Hall–Kier alpha value is -1.76. The Morgan fingerprint density at radius 2 is 1.97 bits per heavy atom. The number of hydrogen-bond donors (Lipinski definition) is 2. The van der Waals surface area contributed by atoms with Crippen molar-refractivity contribution < 1.29 is 19.3 Å². The average molecular weight is 459 g/mol. The molecule has 0 spiro atoms. The highest BCUT2D eigenvalue weighted by atomic mass is 19.1. The van der Waals surface area contributed by atoms with E-state index >= 15 is 0 Å². The van der Waals surface area contributed by atoms with Gasteiger partial charge in [-0.05, 0) is 81.3 Å². The van der Waals surface area contributed by atoms with Crippen LogP contribution in [0.2, 0.25) is 0 Å². The van der Waals surface area contributed by atoms with E-state index < -0.39 is 11.9 Å². The lowest BCUT2D eigenvalue weighted by Gasteiger charge is -2.41. The highest BCUT2D eigenvalue weighted by molar-refractivity contribution is 5.84. The molecule has 1 aromatic heterocycles. The molecule has 5 nitrogen and oxygen atoms in total. The van der Waals surface area contributed by atoms with Crippen LogP contribution in [0.4, 0.5) is 4.39 Å². The molecular formula is C27H39FN2O3. The number of likely N-dealkylation sites (tertiary alicyclic amines) is 1. The summed E-state index contributed by atoms with van der Waals surface area (Å²) in [6.45, 7) is 3.26. The minimum absolute atomic E-state index is 0.115. The number of hydrogen-bond acceptors (Lipinski definition) is 5. The fraction of sp³-hybridized carbons (Fsp3) is 0.667. The Bertz CT molecular complexity index is 908. The molecule has 1 atom stereocenters. The number of nitrogens with zero attached hydrogens (tertiary/aromatic N) is 2. The van der Waals surface area contributed by atoms with Gasteiger partial charge >= 0.3 is 0 Å². The zero-order valence-corrected chi connectivity index (χ0v) is 19.9. The van der Waals surface area contributed by atoms with Crippen LogP contribution < -0.4 is 4.74 Å². The summed E-state index contributed by atoms with van der Waals surface area (Å²) in [5.74, 6) is 0.997. The summed E-state index contributed by atoms with van der Waals surface area (Å²) in [4.78, 5) is 6.69. The van der Waals surface area contributed by atoms with Crippen LogP contribution in [-0.2, 0) is 0 Å². The van der Waals surface area contributed by atoms with E-state index in [9.17, 15) is 14.6 Å². The summed E-state index contributed by atoms with van der Waals surface area (Å²) in [7, 11) is 1.57. The fourth-order valence-electron chi connectivity index (χ4n) is 5.80. The second kappa shape index (κ2) is 11.1. The van der Waals surface area contributed by atoms with Crippen LogP contribution in [0.15, 0.2) is 24.4 Å². The first-order valence-corrected chi connectivity index (χ1v) is 12.7. The third kappa shape index (κ3) is 5.84. The number of fused-ring (bicyclic) bond motifs is 1. The van der Waals surface area contributed by atoms with Crippen molar-refractivity contribution in [2.75, 3.05) is 33.4 Å². The van der Waals surface area contributed by atoms with E-state index in [0.717, 1.165) is 38.4 Å². The molecule has 1 aliphatic heterocycles. The number of benzene rings is 1. The SMILES string of the molecule is COc1ccc2ncc(F)c([C@@H](O)CCC3(CO)CCN(CCC4CCCCC4)CC3)c2c1. The Morgan fingerprint density at radius 1 is 1.21 bits per heavy atom. The van der Waals surface area contributed by atoms with Gasteiger partial charge in [0.05, 0.1) is 24.9 Å². The van der Waals surface area contributed by atoms with Crippen LogP contribution in [-0.4, -0.2) is 53.4 Å². The normalized spacial score (nSPS) is 20.7. The molecule has 2 aromatic rings. The van der Waals surface area contributed by atoms with E-state index in [1.165, 1.54) is 44.7 Å². The van der Waals surface area contributed by atoms with Crippen molar-refractivity contribution in [3.63, 3.8) is 0 Å². The van der Waals surface area contributed by atoms with Gasteiger partial charge in [0.15, 0.2) is 0 Å². The molecule has 1 saturated carbocycles. The first-order chi connectivity index (χ1) is 16.0. The molecule has 2 N–H and O–H groups in total. The quantitative estimate of drug-likeness (QED) is 0.538. The molecule has 33 heavy (non-hydrogen) atoms. The number of methoxy groups -OCH3 is 1. The molecule has 0 bridgehead atoms. The molecule has 0 radical (unpaired) electrons. The molecular weight excluding hydrogens is 419 g/mol. The molecule has 1 saturated heterocycles. The van der Waals surface area contributed by atoms with Crippen LogP contribution >= 0.6 is 0 Å². The number of aliphatic hydroxyl groups excluding tert-OH is 2. The second-order valence-corrected chi connectivity index (χ2v) is 10.2. The van der Waals surface area contributed by atoms with Gasteiger partial charge in [-0.15, -0.1) is 0 Å². The first-order valence-electron chi connectivity index (χ1n) is 12.7. The number of aliphatic hydroxyl groups is 2. The number of rotatable bonds is 9. The molecule has 0 amide bonds. The van der Waals surface area contributed by atoms with E-state index in [4.69, 9.17) is 4.74 Å². The van der Waals surface area contributed by atoms with Gasteiger partial charge in [-0.1, -0.05) is 32.1 Å². The molecule has 6 heteroatoms. The predicted molar refractivity (Wildman–Crippen MR) is 129 cm³/mol. The van der Waals surface area contributed by atoms with Crippen molar-refractivity contribution in [1.29, 1.82) is 0 Å². The minimum Gasteiger partial charge on any atom is -0.497 e. The Balaban J connectivity index is 1.35. The number of piperidine rings is 1. The molecule has 2 heterocycles. The van der Waals surface area contributed by atoms with Gasteiger partial charge in [0.1, 0.15) is 11.6 Å². The van der Waals surface area contributed by atoms with Crippen molar-refractivity contribution in [3.8, 4) is 5.75 Å². The summed E-state index contributed by atoms with van der Waals surface area (Å²) in [6, 6.07) is 5.30. The van der Waals surface area contributed by atoms with Crippen molar-refractivity contribution in [2.24, 2.45) is 11.3 Å². The summed E-state index contributed by atoms with van der Waals surface area (Å²) >= 11 is 0. The standard InChI is InChI=1S/C27H39FN2O3/c1-33-21-7-8-24-22(17-21)26(23(28)18-29-24)25(32)9-11-27(19-31)12-15-30(16-13-27)14-10-20-5-3-2-4-6-20/h7-8,17-18,20,25,31-32H,2-6,9-16,19H2,1H3/t25-/m0/s1. The summed E-state index contributed by atoms with van der Waals surface area (Å²) in [5.41, 5.74) is 0.713. The third-order valence-electron chi connectivity index (χ3n) is 8.18. The van der Waals surface area contributed by atoms with Crippen molar-refractivity contribution >= 4 is 10.9 Å². The Morgan fingerprint density at radius 3 is 2.67 bits per heavy atom. The van der Waals surface area contributed by atoms with Gasteiger partial charge in [-0.25, -0.2) is 4.39 Å². The topological polar surface area (TPSA) is 65.8 Å². The van der Waals surface area contributed by atoms with Crippen LogP contribution in [0.1, 0.15) is 75.9 Å². The zero-order valence-electron chi connectivity index (χ0n) is 19.9. The lowest BCUT2D eigenvalue weighted by molar-refractivity contribution is 0.0215. The molecule has 1 aliphatic carbocycles. The number of pyridine rings is 1. The zero-order chi connectivity index (χ0) is 23.3. The molecule has 1 aromatic carbocycles. The smallest absolute Gasteiger partial charge is 0.147 e. The van der Waals surface area contributed by atoms with Gasteiger partial charge in [-0.3, -0.25) is 4.98 Å². The van der Waals surface area contributed by atoms with E-state index in [2.05, 4.69) is 9.88 Å². The van der Waals surface area contributed by atoms with Gasteiger partial charge in [0.25, 0.3) is 0 Å². The summed E-state index contributed by atoms with van der Waals surface area (Å²) in [5, 5.41) is 21.8. The number of aromatic nitrogens is 1. The van der Waals surface area contributed by atoms with Gasteiger partial charge < -0.3 is 19.8 Å². The molecule has 182 valence electrons. The third-order valence-corrected chi connectivity index (χ3v) is 8.18. The predicted octanol–water partition coefficient (Wildman–Crippen LogP) is 5.24. The van der Waals surface area contributed by atoms with E-state index in [-0.39, 0.29) is 17.6 Å². The van der Waals surface area contributed by atoms with Gasteiger partial charge in [-0.2, -0.15) is 0 Å². The Labute approximate surface area is 197 Å². The molecule has 0 unspecified atom stereocenters. The summed E-state index contributed by atoms with van der Waals surface area (Å²) < 4.78 is 20.0. The summed E-state index contributed by atoms with van der Waals surface area (Å²) in [6.07, 6.45) is 11.4. The maximum Gasteiger partial charge on any atom is 0.147 e. The van der Waals surface area contributed by atoms with Crippen LogP contribution in [0.5, 0.6) is 5.75 Å². The lowest BCUT2D eigenvalue weighted by Crippen LogP contribution is -2.42. The van der Waals surface area contributed by atoms with E-state index in [0.29, 0.717) is 29.5 Å². The lowest BCUT2D eigenvalue weighted by atomic mass is 9.74. The molecule has 4 rings (SSSR count). The maximum atomic E-state index is 14.7. The first kappa shape index (κ1) is 24.4. The highest BCUT2D eigenvalue weighted by Gasteiger charge is 2.35. The van der Waals surface area contributed by atoms with Crippen molar-refractivity contribution in [1.82, 2.24) is 9.88 Å².